The fourth-order valence-corrected chi connectivity index (χ4v) is 2.32. The Morgan fingerprint density at radius 2 is 1.94 bits per heavy atom. The van der Waals surface area contributed by atoms with E-state index in [0.717, 1.165) is 16.7 Å². The van der Waals surface area contributed by atoms with E-state index in [2.05, 4.69) is 5.10 Å². The molecule has 86 valence electrons. The lowest BCUT2D eigenvalue weighted by Gasteiger charge is -1.97. The lowest BCUT2D eigenvalue weighted by atomic mass is 10.2. The van der Waals surface area contributed by atoms with Gasteiger partial charge in [-0.2, -0.15) is 5.10 Å². The molecule has 17 heavy (non-hydrogen) atoms. The van der Waals surface area contributed by atoms with Gasteiger partial charge < -0.3 is 10.3 Å². The van der Waals surface area contributed by atoms with Crippen LogP contribution in [0.2, 0.25) is 0 Å². The van der Waals surface area contributed by atoms with Gasteiger partial charge in [0.05, 0.1) is 16.7 Å². The number of para-hydroxylation sites is 2. The summed E-state index contributed by atoms with van der Waals surface area (Å²) < 4.78 is 3.71. The molecule has 0 unspecified atom stereocenters. The number of aromatic nitrogens is 3. The van der Waals surface area contributed by atoms with Crippen LogP contribution in [-0.2, 0) is 7.05 Å². The molecule has 1 amide bonds. The Labute approximate surface area is 97.4 Å². The van der Waals surface area contributed by atoms with E-state index in [-0.39, 0.29) is 0 Å². The van der Waals surface area contributed by atoms with E-state index < -0.39 is 5.91 Å². The smallest absolute Gasteiger partial charge is 0.254 e. The molecule has 0 aliphatic heterocycles. The zero-order valence-electron chi connectivity index (χ0n) is 9.64. The van der Waals surface area contributed by atoms with Crippen molar-refractivity contribution in [3.63, 3.8) is 0 Å². The van der Waals surface area contributed by atoms with Gasteiger partial charge in [0.2, 0.25) is 0 Å². The summed E-state index contributed by atoms with van der Waals surface area (Å²) in [5.41, 5.74) is 9.31. The summed E-state index contributed by atoms with van der Waals surface area (Å²) in [4.78, 5) is 11.5. The summed E-state index contributed by atoms with van der Waals surface area (Å²) in [5, 5.41) is 4.38. The molecule has 0 saturated heterocycles. The van der Waals surface area contributed by atoms with Crippen molar-refractivity contribution in [3.05, 3.63) is 35.5 Å². The van der Waals surface area contributed by atoms with Gasteiger partial charge in [-0.3, -0.25) is 4.79 Å². The fraction of sp³-hybridized carbons (Fsp3) is 0.167. The van der Waals surface area contributed by atoms with Crippen LogP contribution in [0.15, 0.2) is 24.3 Å². The number of carbonyl (C=O) groups excluding carboxylic acids is 1. The average Bonchev–Trinajstić information content (AvgIpc) is 2.76. The predicted molar refractivity (Wildman–Crippen MR) is 64.9 cm³/mol. The summed E-state index contributed by atoms with van der Waals surface area (Å²) in [6.45, 7) is 1.79. The van der Waals surface area contributed by atoms with Crippen LogP contribution in [0.3, 0.4) is 0 Å². The van der Waals surface area contributed by atoms with Crippen molar-refractivity contribution in [2.75, 3.05) is 0 Å². The Kier molecular flexibility index (Phi) is 1.80. The number of amides is 1. The zero-order valence-corrected chi connectivity index (χ0v) is 9.64. The van der Waals surface area contributed by atoms with E-state index in [9.17, 15) is 4.79 Å². The Morgan fingerprint density at radius 3 is 2.59 bits per heavy atom. The quantitative estimate of drug-likeness (QED) is 0.680. The third kappa shape index (κ3) is 1.13. The van der Waals surface area contributed by atoms with Gasteiger partial charge in [-0.15, -0.1) is 0 Å². The molecule has 0 radical (unpaired) electrons. The molecule has 5 heteroatoms. The molecule has 2 aromatic heterocycles. The third-order valence-corrected chi connectivity index (χ3v) is 3.07. The fourth-order valence-electron chi connectivity index (χ4n) is 2.32. The third-order valence-electron chi connectivity index (χ3n) is 3.07. The van der Waals surface area contributed by atoms with Crippen LogP contribution in [0.1, 0.15) is 16.1 Å². The van der Waals surface area contributed by atoms with Crippen molar-refractivity contribution in [2.45, 2.75) is 6.92 Å². The first-order chi connectivity index (χ1) is 8.11. The highest BCUT2D eigenvalue weighted by molar-refractivity contribution is 6.02. The van der Waals surface area contributed by atoms with Crippen LogP contribution in [-0.4, -0.2) is 20.1 Å². The first-order valence-electron chi connectivity index (χ1n) is 5.34. The van der Waals surface area contributed by atoms with Crippen LogP contribution in [0.4, 0.5) is 0 Å². The van der Waals surface area contributed by atoms with Crippen LogP contribution in [0.25, 0.3) is 16.7 Å². The average molecular weight is 228 g/mol. The number of primary amides is 1. The monoisotopic (exact) mass is 228 g/mol. The number of carbonyl (C=O) groups is 1. The molecule has 3 rings (SSSR count). The number of nitrogens with two attached hydrogens (primary N) is 1. The first-order valence-corrected chi connectivity index (χ1v) is 5.34. The van der Waals surface area contributed by atoms with Crippen molar-refractivity contribution in [1.29, 1.82) is 0 Å². The molecule has 0 fully saturated rings. The van der Waals surface area contributed by atoms with Crippen LogP contribution < -0.4 is 5.73 Å². The second-order valence-corrected chi connectivity index (χ2v) is 4.11. The van der Waals surface area contributed by atoms with Crippen molar-refractivity contribution >= 4 is 22.6 Å². The largest absolute Gasteiger partial charge is 0.365 e. The maximum absolute atomic E-state index is 11.5. The SMILES string of the molecule is Cc1nn2c3ccccc3n(C)c2c1C(N)=O. The van der Waals surface area contributed by atoms with Gasteiger partial charge in [0.25, 0.3) is 5.91 Å². The molecule has 3 aromatic rings. The molecule has 2 N–H and O–H groups in total. The van der Waals surface area contributed by atoms with Gasteiger partial charge in [-0.25, -0.2) is 4.52 Å². The van der Waals surface area contributed by atoms with Gasteiger partial charge in [0.15, 0.2) is 0 Å². The standard InChI is InChI=1S/C12H12N4O/c1-7-10(11(13)17)12-15(2)8-5-3-4-6-9(8)16(12)14-7/h3-6H,1-2H3,(H2,13,17). The molecule has 2 heterocycles. The van der Waals surface area contributed by atoms with Crippen LogP contribution in [0.5, 0.6) is 0 Å². The van der Waals surface area contributed by atoms with Crippen LogP contribution >= 0.6 is 0 Å². The summed E-state index contributed by atoms with van der Waals surface area (Å²) in [6, 6.07) is 7.87. The zero-order chi connectivity index (χ0) is 12.2. The summed E-state index contributed by atoms with van der Waals surface area (Å²) >= 11 is 0. The molecular weight excluding hydrogens is 216 g/mol. The van der Waals surface area contributed by atoms with Crippen molar-refractivity contribution in [3.8, 4) is 0 Å². The number of benzene rings is 1. The lowest BCUT2D eigenvalue weighted by molar-refractivity contribution is 0.100. The Bertz CT molecular complexity index is 751. The molecule has 0 atom stereocenters. The van der Waals surface area contributed by atoms with Gasteiger partial charge in [-0.1, -0.05) is 12.1 Å². The second-order valence-electron chi connectivity index (χ2n) is 4.11. The lowest BCUT2D eigenvalue weighted by Crippen LogP contribution is -2.13. The Morgan fingerprint density at radius 1 is 1.29 bits per heavy atom. The van der Waals surface area contributed by atoms with E-state index >= 15 is 0 Å². The topological polar surface area (TPSA) is 65.3 Å². The second kappa shape index (κ2) is 3.10. The van der Waals surface area contributed by atoms with Crippen LogP contribution in [0, 0.1) is 6.92 Å². The number of hydrogen-bond donors (Lipinski definition) is 1. The van der Waals surface area contributed by atoms with E-state index in [1.165, 1.54) is 0 Å². The van der Waals surface area contributed by atoms with Gasteiger partial charge >= 0.3 is 0 Å². The van der Waals surface area contributed by atoms with Crippen molar-refractivity contribution < 1.29 is 4.79 Å². The first kappa shape index (κ1) is 9.89. The highest BCUT2D eigenvalue weighted by Gasteiger charge is 2.19. The molecule has 0 aliphatic carbocycles. The Balaban J connectivity index is 2.61. The van der Waals surface area contributed by atoms with E-state index in [1.807, 2.05) is 35.9 Å². The number of nitrogens with zero attached hydrogens (tertiary/aromatic N) is 3. The molecule has 5 nitrogen and oxygen atoms in total. The minimum Gasteiger partial charge on any atom is -0.365 e. The van der Waals surface area contributed by atoms with E-state index in [1.54, 1.807) is 11.4 Å². The number of aryl methyl sites for hydroxylation is 2. The maximum atomic E-state index is 11.5. The van der Waals surface area contributed by atoms with E-state index in [4.69, 9.17) is 5.73 Å². The number of fused-ring (bicyclic) bond motifs is 3. The number of imidazole rings is 1. The molecular formula is C12H12N4O. The summed E-state index contributed by atoms with van der Waals surface area (Å²) in [7, 11) is 1.91. The highest BCUT2D eigenvalue weighted by Crippen LogP contribution is 2.23. The molecule has 0 saturated carbocycles. The van der Waals surface area contributed by atoms with Gasteiger partial charge in [-0.05, 0) is 19.1 Å². The van der Waals surface area contributed by atoms with Crippen molar-refractivity contribution in [2.24, 2.45) is 12.8 Å². The molecule has 0 bridgehead atoms. The minimum atomic E-state index is -0.441. The molecule has 0 spiro atoms. The van der Waals surface area contributed by atoms with Gasteiger partial charge in [0.1, 0.15) is 11.2 Å². The maximum Gasteiger partial charge on any atom is 0.254 e. The summed E-state index contributed by atoms with van der Waals surface area (Å²) in [5.74, 6) is -0.441. The van der Waals surface area contributed by atoms with Crippen molar-refractivity contribution in [1.82, 2.24) is 14.2 Å². The predicted octanol–water partition coefficient (Wildman–Crippen LogP) is 1.23. The minimum absolute atomic E-state index is 0.441. The normalized spacial score (nSPS) is 11.4. The highest BCUT2D eigenvalue weighted by atomic mass is 16.1. The van der Waals surface area contributed by atoms with Gasteiger partial charge in [0, 0.05) is 7.05 Å². The Hall–Kier alpha value is -2.30. The molecule has 1 aromatic carbocycles. The molecule has 0 aliphatic rings. The number of rotatable bonds is 1. The van der Waals surface area contributed by atoms with E-state index in [0.29, 0.717) is 11.3 Å². The number of hydrogen-bond acceptors (Lipinski definition) is 2. The summed E-state index contributed by atoms with van der Waals surface area (Å²) in [6.07, 6.45) is 0.